The van der Waals surface area contributed by atoms with E-state index in [2.05, 4.69) is 17.4 Å². The second kappa shape index (κ2) is 5.18. The van der Waals surface area contributed by atoms with Gasteiger partial charge in [-0.05, 0) is 13.3 Å². The molecule has 0 N–H and O–H groups in total. The van der Waals surface area contributed by atoms with Gasteiger partial charge in [0.15, 0.2) is 5.12 Å². The van der Waals surface area contributed by atoms with Gasteiger partial charge >= 0.3 is 5.97 Å². The monoisotopic (exact) mass is 176 g/mol. The number of rotatable bonds is 4. The maximum Gasteiger partial charge on any atom is 0.317 e. The Labute approximate surface area is 71.5 Å². The van der Waals surface area contributed by atoms with E-state index in [9.17, 15) is 9.59 Å². The highest BCUT2D eigenvalue weighted by Crippen LogP contribution is 2.08. The molecular weight excluding hydrogens is 164 g/mol. The SMILES string of the molecule is CCOC(=O)C(CC)C(=O)S. The molecule has 0 heterocycles. The maximum absolute atomic E-state index is 10.9. The Morgan fingerprint density at radius 1 is 1.45 bits per heavy atom. The molecular formula is C7H12O3S. The molecule has 3 nitrogen and oxygen atoms in total. The molecule has 0 saturated carbocycles. The highest BCUT2D eigenvalue weighted by Gasteiger charge is 2.22. The summed E-state index contributed by atoms with van der Waals surface area (Å²) in [4.78, 5) is 21.6. The van der Waals surface area contributed by atoms with Gasteiger partial charge in [-0.3, -0.25) is 9.59 Å². The molecule has 0 bridgehead atoms. The van der Waals surface area contributed by atoms with Crippen LogP contribution in [0.15, 0.2) is 0 Å². The lowest BCUT2D eigenvalue weighted by molar-refractivity contribution is -0.149. The van der Waals surface area contributed by atoms with Crippen LogP contribution in [-0.4, -0.2) is 17.7 Å². The van der Waals surface area contributed by atoms with Gasteiger partial charge in [-0.15, -0.1) is 12.6 Å². The first-order valence-electron chi connectivity index (χ1n) is 3.52. The number of carbonyl (C=O) groups is 2. The minimum atomic E-state index is -0.696. The van der Waals surface area contributed by atoms with Crippen molar-refractivity contribution in [3.8, 4) is 0 Å². The summed E-state index contributed by atoms with van der Waals surface area (Å²) in [5.74, 6) is -1.17. The van der Waals surface area contributed by atoms with Gasteiger partial charge in [-0.2, -0.15) is 0 Å². The van der Waals surface area contributed by atoms with Crippen LogP contribution in [0, 0.1) is 5.92 Å². The van der Waals surface area contributed by atoms with Gasteiger partial charge in [0.1, 0.15) is 5.92 Å². The molecule has 1 atom stereocenters. The first-order valence-corrected chi connectivity index (χ1v) is 3.97. The van der Waals surface area contributed by atoms with Crippen molar-refractivity contribution in [3.05, 3.63) is 0 Å². The Bertz CT molecular complexity index is 156. The molecule has 0 aliphatic rings. The molecule has 64 valence electrons. The molecule has 0 spiro atoms. The third-order valence-electron chi connectivity index (χ3n) is 1.28. The highest BCUT2D eigenvalue weighted by atomic mass is 32.1. The number of carbonyl (C=O) groups excluding carboxylic acids is 2. The van der Waals surface area contributed by atoms with Gasteiger partial charge in [-0.1, -0.05) is 6.92 Å². The molecule has 11 heavy (non-hydrogen) atoms. The second-order valence-corrected chi connectivity index (χ2v) is 2.49. The van der Waals surface area contributed by atoms with E-state index in [1.54, 1.807) is 13.8 Å². The van der Waals surface area contributed by atoms with E-state index < -0.39 is 17.0 Å². The van der Waals surface area contributed by atoms with Gasteiger partial charge in [0.25, 0.3) is 0 Å². The Morgan fingerprint density at radius 2 is 2.00 bits per heavy atom. The quantitative estimate of drug-likeness (QED) is 0.395. The summed E-state index contributed by atoms with van der Waals surface area (Å²) in [6.45, 7) is 3.75. The van der Waals surface area contributed by atoms with E-state index in [-0.39, 0.29) is 0 Å². The molecule has 0 rings (SSSR count). The van der Waals surface area contributed by atoms with E-state index >= 15 is 0 Å². The molecule has 1 unspecified atom stereocenters. The smallest absolute Gasteiger partial charge is 0.317 e. The minimum Gasteiger partial charge on any atom is -0.465 e. The van der Waals surface area contributed by atoms with Crippen LogP contribution in [0.4, 0.5) is 0 Å². The first-order chi connectivity index (χ1) is 5.13. The third-order valence-corrected chi connectivity index (χ3v) is 1.59. The summed E-state index contributed by atoms with van der Waals surface area (Å²) in [5.41, 5.74) is 0. The zero-order valence-corrected chi connectivity index (χ0v) is 7.56. The van der Waals surface area contributed by atoms with Crippen molar-refractivity contribution in [1.82, 2.24) is 0 Å². The van der Waals surface area contributed by atoms with E-state index in [1.165, 1.54) is 0 Å². The summed E-state index contributed by atoms with van der Waals surface area (Å²) in [5, 5.41) is -0.425. The molecule has 0 saturated heterocycles. The average Bonchev–Trinajstić information content (AvgIpc) is 1.88. The summed E-state index contributed by atoms with van der Waals surface area (Å²) in [7, 11) is 0. The van der Waals surface area contributed by atoms with E-state index in [0.717, 1.165) is 0 Å². The molecule has 0 radical (unpaired) electrons. The minimum absolute atomic E-state index is 0.302. The lowest BCUT2D eigenvalue weighted by Crippen LogP contribution is -2.22. The van der Waals surface area contributed by atoms with Crippen LogP contribution in [0.3, 0.4) is 0 Å². The number of hydrogen-bond acceptors (Lipinski definition) is 3. The van der Waals surface area contributed by atoms with Gasteiger partial charge in [-0.25, -0.2) is 0 Å². The van der Waals surface area contributed by atoms with Crippen molar-refractivity contribution in [2.75, 3.05) is 6.61 Å². The van der Waals surface area contributed by atoms with Crippen LogP contribution in [0.1, 0.15) is 20.3 Å². The van der Waals surface area contributed by atoms with Crippen LogP contribution in [-0.2, 0) is 14.3 Å². The third kappa shape index (κ3) is 3.41. The predicted octanol–water partition coefficient (Wildman–Crippen LogP) is 1.03. The topological polar surface area (TPSA) is 43.4 Å². The first kappa shape index (κ1) is 10.5. The fourth-order valence-electron chi connectivity index (χ4n) is 0.685. The zero-order valence-electron chi connectivity index (χ0n) is 6.66. The van der Waals surface area contributed by atoms with Crippen molar-refractivity contribution >= 4 is 23.7 Å². The van der Waals surface area contributed by atoms with E-state index in [0.29, 0.717) is 13.0 Å². The fraction of sp³-hybridized carbons (Fsp3) is 0.714. The number of thiol groups is 1. The highest BCUT2D eigenvalue weighted by molar-refractivity contribution is 7.96. The van der Waals surface area contributed by atoms with Crippen molar-refractivity contribution in [3.63, 3.8) is 0 Å². The molecule has 0 aromatic rings. The number of hydrogen-bond donors (Lipinski definition) is 1. The molecule has 0 fully saturated rings. The lowest BCUT2D eigenvalue weighted by atomic mass is 10.1. The van der Waals surface area contributed by atoms with Crippen molar-refractivity contribution in [1.29, 1.82) is 0 Å². The van der Waals surface area contributed by atoms with Gasteiger partial charge in [0.05, 0.1) is 6.61 Å². The molecule has 0 aliphatic carbocycles. The van der Waals surface area contributed by atoms with Crippen LogP contribution < -0.4 is 0 Å². The number of esters is 1. The van der Waals surface area contributed by atoms with Gasteiger partial charge in [0, 0.05) is 0 Å². The molecule has 0 aliphatic heterocycles. The van der Waals surface area contributed by atoms with Crippen molar-refractivity contribution < 1.29 is 14.3 Å². The van der Waals surface area contributed by atoms with E-state index in [1.807, 2.05) is 0 Å². The van der Waals surface area contributed by atoms with Gasteiger partial charge < -0.3 is 4.74 Å². The van der Waals surface area contributed by atoms with Crippen LogP contribution in [0.2, 0.25) is 0 Å². The van der Waals surface area contributed by atoms with Crippen molar-refractivity contribution in [2.45, 2.75) is 20.3 Å². The standard InChI is InChI=1S/C7H12O3S/c1-3-5(7(9)11)6(8)10-4-2/h5H,3-4H2,1-2H3,(H,9,11). The van der Waals surface area contributed by atoms with Gasteiger partial charge in [0.2, 0.25) is 0 Å². The fourth-order valence-corrected chi connectivity index (χ4v) is 0.973. The molecule has 4 heteroatoms. The summed E-state index contributed by atoms with van der Waals surface area (Å²) < 4.78 is 4.65. The molecule has 0 aromatic carbocycles. The lowest BCUT2D eigenvalue weighted by Gasteiger charge is -2.07. The normalized spacial score (nSPS) is 12.3. The van der Waals surface area contributed by atoms with Crippen LogP contribution in [0.25, 0.3) is 0 Å². The van der Waals surface area contributed by atoms with Crippen molar-refractivity contribution in [2.24, 2.45) is 5.92 Å². The average molecular weight is 176 g/mol. The Kier molecular flexibility index (Phi) is 4.94. The predicted molar refractivity (Wildman–Crippen MR) is 44.4 cm³/mol. The Morgan fingerprint density at radius 3 is 2.27 bits per heavy atom. The summed E-state index contributed by atoms with van der Waals surface area (Å²) in [6.07, 6.45) is 0.446. The molecule has 0 amide bonds. The van der Waals surface area contributed by atoms with E-state index in [4.69, 9.17) is 0 Å². The zero-order chi connectivity index (χ0) is 8.85. The Hall–Kier alpha value is -0.510. The van der Waals surface area contributed by atoms with Crippen LogP contribution >= 0.6 is 12.6 Å². The summed E-state index contributed by atoms with van der Waals surface area (Å²) in [6, 6.07) is 0. The summed E-state index contributed by atoms with van der Waals surface area (Å²) >= 11 is 3.57. The Balaban J connectivity index is 4.03. The molecule has 0 aromatic heterocycles. The number of ether oxygens (including phenoxy) is 1. The largest absolute Gasteiger partial charge is 0.465 e. The van der Waals surface area contributed by atoms with Crippen LogP contribution in [0.5, 0.6) is 0 Å². The second-order valence-electron chi connectivity index (χ2n) is 2.05. The maximum atomic E-state index is 10.9.